The zero-order valence-electron chi connectivity index (χ0n) is 15.9. The van der Waals surface area contributed by atoms with E-state index in [2.05, 4.69) is 20.8 Å². The third kappa shape index (κ3) is 4.71. The Bertz CT molecular complexity index is 968. The smallest absolute Gasteiger partial charge is 0.246 e. The molecular formula is C21H22N4O4. The molecule has 0 spiro atoms. The lowest BCUT2D eigenvalue weighted by molar-refractivity contribution is -0.123. The fraction of sp³-hybridized carbons (Fsp3) is 0.333. The van der Waals surface area contributed by atoms with E-state index in [0.29, 0.717) is 37.4 Å². The number of benzene rings is 1. The van der Waals surface area contributed by atoms with Gasteiger partial charge in [-0.1, -0.05) is 35.5 Å². The second-order valence-corrected chi connectivity index (χ2v) is 7.24. The zero-order valence-corrected chi connectivity index (χ0v) is 15.9. The van der Waals surface area contributed by atoms with Crippen molar-refractivity contribution in [3.8, 4) is 11.4 Å². The molecule has 8 heteroatoms. The molecule has 1 aliphatic rings. The van der Waals surface area contributed by atoms with Crippen molar-refractivity contribution < 1.29 is 18.5 Å². The van der Waals surface area contributed by atoms with Crippen molar-refractivity contribution in [3.63, 3.8) is 0 Å². The summed E-state index contributed by atoms with van der Waals surface area (Å²) in [5, 5.41) is 9.78. The molecule has 2 amide bonds. The molecule has 8 nitrogen and oxygen atoms in total. The van der Waals surface area contributed by atoms with E-state index >= 15 is 0 Å². The molecule has 2 aromatic heterocycles. The lowest BCUT2D eigenvalue weighted by atomic mass is 9.87. The number of carbonyl (C=O) groups excluding carboxylic acids is 2. The van der Waals surface area contributed by atoms with E-state index < -0.39 is 5.54 Å². The third-order valence-corrected chi connectivity index (χ3v) is 5.10. The van der Waals surface area contributed by atoms with Crippen LogP contribution in [0.1, 0.15) is 37.3 Å². The summed E-state index contributed by atoms with van der Waals surface area (Å²) in [6, 6.07) is 13.2. The van der Waals surface area contributed by atoms with Crippen LogP contribution in [0.15, 0.2) is 57.7 Å². The van der Waals surface area contributed by atoms with Crippen molar-refractivity contribution in [1.29, 1.82) is 0 Å². The molecule has 0 saturated carbocycles. The van der Waals surface area contributed by atoms with Crippen LogP contribution < -0.4 is 10.6 Å². The quantitative estimate of drug-likeness (QED) is 0.608. The molecule has 0 radical (unpaired) electrons. The molecule has 1 saturated heterocycles. The van der Waals surface area contributed by atoms with Gasteiger partial charge in [0.1, 0.15) is 5.76 Å². The molecule has 0 bridgehead atoms. The minimum atomic E-state index is -0.447. The van der Waals surface area contributed by atoms with Gasteiger partial charge in [-0.05, 0) is 25.0 Å². The van der Waals surface area contributed by atoms with Crippen LogP contribution in [0.3, 0.4) is 0 Å². The highest BCUT2D eigenvalue weighted by Gasteiger charge is 2.38. The van der Waals surface area contributed by atoms with Crippen molar-refractivity contribution in [2.24, 2.45) is 0 Å². The summed E-state index contributed by atoms with van der Waals surface area (Å²) >= 11 is 0. The first-order valence-electron chi connectivity index (χ1n) is 9.60. The molecule has 1 atom stereocenters. The molecule has 4 rings (SSSR count). The van der Waals surface area contributed by atoms with Crippen LogP contribution in [-0.2, 0) is 22.6 Å². The Balaban J connectivity index is 1.30. The number of hydrogen-bond donors (Lipinski definition) is 2. The van der Waals surface area contributed by atoms with Gasteiger partial charge in [-0.2, -0.15) is 4.98 Å². The van der Waals surface area contributed by atoms with Crippen LogP contribution in [0.4, 0.5) is 0 Å². The summed E-state index contributed by atoms with van der Waals surface area (Å²) in [6.45, 7) is 0.163. The third-order valence-electron chi connectivity index (χ3n) is 5.10. The summed E-state index contributed by atoms with van der Waals surface area (Å²) in [5.74, 6) is 1.50. The number of nitrogens with zero attached hydrogens (tertiary/aromatic N) is 2. The highest BCUT2D eigenvalue weighted by Crippen LogP contribution is 2.29. The number of nitrogens with one attached hydrogen (secondary N) is 2. The molecule has 1 unspecified atom stereocenters. The largest absolute Gasteiger partial charge is 0.469 e. The van der Waals surface area contributed by atoms with E-state index in [1.54, 1.807) is 6.26 Å². The lowest BCUT2D eigenvalue weighted by Crippen LogP contribution is -2.44. The van der Waals surface area contributed by atoms with Gasteiger partial charge in [-0.3, -0.25) is 9.59 Å². The summed E-state index contributed by atoms with van der Waals surface area (Å²) in [6.07, 6.45) is 4.14. The van der Waals surface area contributed by atoms with E-state index in [9.17, 15) is 9.59 Å². The topological polar surface area (TPSA) is 110 Å². The predicted octanol–water partition coefficient (Wildman–Crippen LogP) is 2.62. The van der Waals surface area contributed by atoms with E-state index in [1.807, 2.05) is 42.5 Å². The Kier molecular flexibility index (Phi) is 5.41. The van der Waals surface area contributed by atoms with E-state index in [1.165, 1.54) is 0 Å². The fourth-order valence-corrected chi connectivity index (χ4v) is 3.58. The van der Waals surface area contributed by atoms with Crippen molar-refractivity contribution >= 4 is 11.8 Å². The first-order valence-corrected chi connectivity index (χ1v) is 9.60. The maximum atomic E-state index is 12.3. The average Bonchev–Trinajstić information content (AvgIpc) is 3.48. The van der Waals surface area contributed by atoms with Crippen LogP contribution in [0, 0.1) is 0 Å². The second kappa shape index (κ2) is 8.30. The Morgan fingerprint density at radius 1 is 1.21 bits per heavy atom. The average molecular weight is 394 g/mol. The van der Waals surface area contributed by atoms with Crippen LogP contribution in [-0.4, -0.2) is 27.5 Å². The van der Waals surface area contributed by atoms with E-state index in [4.69, 9.17) is 8.94 Å². The Morgan fingerprint density at radius 3 is 2.79 bits per heavy atom. The summed E-state index contributed by atoms with van der Waals surface area (Å²) in [5.41, 5.74) is 0.405. The SMILES string of the molecule is O=C(CCC1(Cc2ccco2)CCC(=O)N1)NCc1nc(-c2ccccc2)no1. The summed E-state index contributed by atoms with van der Waals surface area (Å²) in [7, 11) is 0. The molecule has 3 heterocycles. The summed E-state index contributed by atoms with van der Waals surface area (Å²) in [4.78, 5) is 28.4. The predicted molar refractivity (Wildman–Crippen MR) is 103 cm³/mol. The van der Waals surface area contributed by atoms with Gasteiger partial charge in [0.2, 0.25) is 23.5 Å². The van der Waals surface area contributed by atoms with Gasteiger partial charge >= 0.3 is 0 Å². The number of aromatic nitrogens is 2. The lowest BCUT2D eigenvalue weighted by Gasteiger charge is -2.28. The Morgan fingerprint density at radius 2 is 2.07 bits per heavy atom. The van der Waals surface area contributed by atoms with Crippen LogP contribution in [0.2, 0.25) is 0 Å². The van der Waals surface area contributed by atoms with Crippen LogP contribution in [0.5, 0.6) is 0 Å². The molecule has 150 valence electrons. The Hall–Kier alpha value is -3.42. The van der Waals surface area contributed by atoms with Crippen LogP contribution in [0.25, 0.3) is 11.4 Å². The summed E-state index contributed by atoms with van der Waals surface area (Å²) < 4.78 is 10.6. The van der Waals surface area contributed by atoms with Gasteiger partial charge in [0.25, 0.3) is 0 Å². The number of amides is 2. The highest BCUT2D eigenvalue weighted by atomic mass is 16.5. The molecular weight excluding hydrogens is 372 g/mol. The first-order chi connectivity index (χ1) is 14.1. The zero-order chi connectivity index (χ0) is 20.1. The highest BCUT2D eigenvalue weighted by molar-refractivity contribution is 5.80. The van der Waals surface area contributed by atoms with E-state index in [-0.39, 0.29) is 24.8 Å². The number of hydrogen-bond acceptors (Lipinski definition) is 6. The minimum absolute atomic E-state index is 0.0104. The van der Waals surface area contributed by atoms with Gasteiger partial charge in [-0.25, -0.2) is 0 Å². The van der Waals surface area contributed by atoms with Crippen molar-refractivity contribution in [3.05, 3.63) is 60.4 Å². The number of furan rings is 1. The van der Waals surface area contributed by atoms with Crippen molar-refractivity contribution in [1.82, 2.24) is 20.8 Å². The molecule has 2 N–H and O–H groups in total. The normalized spacial score (nSPS) is 18.6. The monoisotopic (exact) mass is 394 g/mol. The maximum Gasteiger partial charge on any atom is 0.246 e. The number of carbonyl (C=O) groups is 2. The molecule has 0 aliphatic carbocycles. The maximum absolute atomic E-state index is 12.3. The van der Waals surface area contributed by atoms with Crippen LogP contribution >= 0.6 is 0 Å². The van der Waals surface area contributed by atoms with E-state index in [0.717, 1.165) is 11.3 Å². The second-order valence-electron chi connectivity index (χ2n) is 7.24. The van der Waals surface area contributed by atoms with Gasteiger partial charge in [0.15, 0.2) is 0 Å². The number of rotatable bonds is 8. The molecule has 29 heavy (non-hydrogen) atoms. The standard InChI is InChI=1S/C21H22N4O4/c26-17(22-14-19-23-20(25-29-19)15-5-2-1-3-6-15)8-10-21(11-9-18(27)24-21)13-16-7-4-12-28-16/h1-7,12H,8-11,13-14H2,(H,22,26)(H,24,27). The van der Waals surface area contributed by atoms with Gasteiger partial charge < -0.3 is 19.6 Å². The Labute approximate surface area is 167 Å². The first kappa shape index (κ1) is 18.9. The fourth-order valence-electron chi connectivity index (χ4n) is 3.58. The molecule has 1 aliphatic heterocycles. The minimum Gasteiger partial charge on any atom is -0.469 e. The molecule has 3 aromatic rings. The molecule has 1 fully saturated rings. The van der Waals surface area contributed by atoms with Gasteiger partial charge in [-0.15, -0.1) is 0 Å². The van der Waals surface area contributed by atoms with Gasteiger partial charge in [0, 0.05) is 30.4 Å². The molecule has 1 aromatic carbocycles. The van der Waals surface area contributed by atoms with Crippen molar-refractivity contribution in [2.45, 2.75) is 44.2 Å². The van der Waals surface area contributed by atoms with Gasteiger partial charge in [0.05, 0.1) is 12.8 Å². The van der Waals surface area contributed by atoms with Crippen molar-refractivity contribution in [2.75, 3.05) is 0 Å².